The van der Waals surface area contributed by atoms with Crippen LogP contribution < -0.4 is 5.73 Å². The summed E-state index contributed by atoms with van der Waals surface area (Å²) < 4.78 is 0. The van der Waals surface area contributed by atoms with E-state index in [2.05, 4.69) is 17.7 Å². The third-order valence-electron chi connectivity index (χ3n) is 2.86. The maximum absolute atomic E-state index is 5.86. The predicted molar refractivity (Wildman–Crippen MR) is 56.3 cm³/mol. The second-order valence-electron chi connectivity index (χ2n) is 3.97. The van der Waals surface area contributed by atoms with Gasteiger partial charge in [-0.05, 0) is 31.7 Å². The summed E-state index contributed by atoms with van der Waals surface area (Å²) in [6.07, 6.45) is 8.94. The highest BCUT2D eigenvalue weighted by Gasteiger charge is 2.22. The molecule has 2 unspecified atom stereocenters. The molecular formula is C11H20N2. The molecule has 0 aromatic heterocycles. The summed E-state index contributed by atoms with van der Waals surface area (Å²) in [4.78, 5) is 2.32. The Hall–Kier alpha value is -0.520. The Morgan fingerprint density at radius 1 is 1.54 bits per heavy atom. The molecule has 0 aliphatic heterocycles. The lowest BCUT2D eigenvalue weighted by Crippen LogP contribution is -2.29. The third-order valence-corrected chi connectivity index (χ3v) is 2.86. The lowest BCUT2D eigenvalue weighted by molar-refractivity contribution is 0.268. The van der Waals surface area contributed by atoms with Crippen LogP contribution >= 0.6 is 0 Å². The van der Waals surface area contributed by atoms with E-state index in [1.54, 1.807) is 0 Å². The SMILES string of the molecule is C#CCN(CC)CC1CCC(N)C1. The standard InChI is InChI=1S/C11H20N2/c1-3-7-13(4-2)9-10-5-6-11(12)8-10/h1,10-11H,4-9,12H2,2H3. The molecule has 74 valence electrons. The molecule has 1 rings (SSSR count). The van der Waals surface area contributed by atoms with E-state index < -0.39 is 0 Å². The quantitative estimate of drug-likeness (QED) is 0.656. The van der Waals surface area contributed by atoms with Gasteiger partial charge in [0.15, 0.2) is 0 Å². The fourth-order valence-corrected chi connectivity index (χ4v) is 2.08. The number of hydrogen-bond donors (Lipinski definition) is 1. The highest BCUT2D eigenvalue weighted by Crippen LogP contribution is 2.24. The Labute approximate surface area is 81.5 Å². The van der Waals surface area contributed by atoms with E-state index in [1.807, 2.05) is 0 Å². The first-order valence-electron chi connectivity index (χ1n) is 5.17. The number of hydrogen-bond acceptors (Lipinski definition) is 2. The summed E-state index contributed by atoms with van der Waals surface area (Å²) in [6.45, 7) is 5.12. The first-order valence-corrected chi connectivity index (χ1v) is 5.17. The third kappa shape index (κ3) is 3.38. The van der Waals surface area contributed by atoms with Crippen LogP contribution in [0.3, 0.4) is 0 Å². The molecule has 2 nitrogen and oxygen atoms in total. The average Bonchev–Trinajstić information content (AvgIpc) is 2.50. The van der Waals surface area contributed by atoms with Crippen LogP contribution in [-0.4, -0.2) is 30.6 Å². The van der Waals surface area contributed by atoms with Crippen LogP contribution in [-0.2, 0) is 0 Å². The van der Waals surface area contributed by atoms with Crippen molar-refractivity contribution in [2.45, 2.75) is 32.2 Å². The zero-order chi connectivity index (χ0) is 9.68. The van der Waals surface area contributed by atoms with Gasteiger partial charge in [-0.2, -0.15) is 0 Å². The summed E-state index contributed by atoms with van der Waals surface area (Å²) in [6, 6.07) is 0.439. The first-order chi connectivity index (χ1) is 6.26. The number of terminal acetylenes is 1. The fourth-order valence-electron chi connectivity index (χ4n) is 2.08. The van der Waals surface area contributed by atoms with Crippen molar-refractivity contribution in [3.63, 3.8) is 0 Å². The molecular weight excluding hydrogens is 160 g/mol. The lowest BCUT2D eigenvalue weighted by Gasteiger charge is -2.21. The van der Waals surface area contributed by atoms with Gasteiger partial charge < -0.3 is 5.73 Å². The minimum Gasteiger partial charge on any atom is -0.328 e. The van der Waals surface area contributed by atoms with Gasteiger partial charge >= 0.3 is 0 Å². The van der Waals surface area contributed by atoms with Crippen molar-refractivity contribution in [1.82, 2.24) is 4.90 Å². The van der Waals surface area contributed by atoms with Crippen LogP contribution in [0.15, 0.2) is 0 Å². The van der Waals surface area contributed by atoms with Crippen molar-refractivity contribution in [3.05, 3.63) is 0 Å². The van der Waals surface area contributed by atoms with Crippen molar-refractivity contribution in [1.29, 1.82) is 0 Å². The second-order valence-corrected chi connectivity index (χ2v) is 3.97. The van der Waals surface area contributed by atoms with Gasteiger partial charge in [0.1, 0.15) is 0 Å². The Balaban J connectivity index is 2.26. The molecule has 0 amide bonds. The lowest BCUT2D eigenvalue weighted by atomic mass is 10.1. The smallest absolute Gasteiger partial charge is 0.0598 e. The summed E-state index contributed by atoms with van der Waals surface area (Å²) in [7, 11) is 0. The molecule has 0 heterocycles. The van der Waals surface area contributed by atoms with Gasteiger partial charge in [-0.15, -0.1) is 6.42 Å². The van der Waals surface area contributed by atoms with E-state index in [1.165, 1.54) is 19.3 Å². The molecule has 2 N–H and O–H groups in total. The fraction of sp³-hybridized carbons (Fsp3) is 0.818. The van der Waals surface area contributed by atoms with Crippen molar-refractivity contribution >= 4 is 0 Å². The molecule has 1 aliphatic rings. The van der Waals surface area contributed by atoms with Gasteiger partial charge in [0.2, 0.25) is 0 Å². The molecule has 13 heavy (non-hydrogen) atoms. The maximum Gasteiger partial charge on any atom is 0.0598 e. The van der Waals surface area contributed by atoms with E-state index in [-0.39, 0.29) is 0 Å². The first kappa shape index (κ1) is 10.6. The molecule has 1 saturated carbocycles. The van der Waals surface area contributed by atoms with Gasteiger partial charge in [-0.25, -0.2) is 0 Å². The summed E-state index contributed by atoms with van der Waals surface area (Å²) >= 11 is 0. The van der Waals surface area contributed by atoms with Crippen LogP contribution in [0.1, 0.15) is 26.2 Å². The molecule has 0 radical (unpaired) electrons. The van der Waals surface area contributed by atoms with Crippen LogP contribution in [0.5, 0.6) is 0 Å². The van der Waals surface area contributed by atoms with Crippen molar-refractivity contribution in [2.24, 2.45) is 11.7 Å². The van der Waals surface area contributed by atoms with E-state index in [0.717, 1.165) is 25.6 Å². The van der Waals surface area contributed by atoms with Gasteiger partial charge in [0.05, 0.1) is 6.54 Å². The zero-order valence-corrected chi connectivity index (χ0v) is 8.50. The zero-order valence-electron chi connectivity index (χ0n) is 8.50. The molecule has 0 saturated heterocycles. The number of nitrogens with two attached hydrogens (primary N) is 1. The Morgan fingerprint density at radius 3 is 2.77 bits per heavy atom. The van der Waals surface area contributed by atoms with E-state index >= 15 is 0 Å². The average molecular weight is 180 g/mol. The minimum absolute atomic E-state index is 0.439. The predicted octanol–water partition coefficient (Wildman–Crippen LogP) is 1.07. The molecule has 0 aromatic rings. The van der Waals surface area contributed by atoms with Crippen LogP contribution in [0, 0.1) is 18.3 Å². The Kier molecular flexibility index (Phi) is 4.27. The topological polar surface area (TPSA) is 29.3 Å². The molecule has 0 bridgehead atoms. The van der Waals surface area contributed by atoms with Crippen molar-refractivity contribution in [3.8, 4) is 12.3 Å². The normalized spacial score (nSPS) is 27.8. The second kappa shape index (κ2) is 5.26. The summed E-state index contributed by atoms with van der Waals surface area (Å²) in [5, 5.41) is 0. The van der Waals surface area contributed by atoms with E-state index in [0.29, 0.717) is 6.04 Å². The number of nitrogens with zero attached hydrogens (tertiary/aromatic N) is 1. The largest absolute Gasteiger partial charge is 0.328 e. The molecule has 1 aliphatic carbocycles. The maximum atomic E-state index is 5.86. The Bertz CT molecular complexity index is 183. The Morgan fingerprint density at radius 2 is 2.31 bits per heavy atom. The van der Waals surface area contributed by atoms with Gasteiger partial charge in [-0.1, -0.05) is 12.8 Å². The minimum atomic E-state index is 0.439. The van der Waals surface area contributed by atoms with E-state index in [9.17, 15) is 0 Å². The summed E-state index contributed by atoms with van der Waals surface area (Å²) in [5.74, 6) is 3.48. The number of rotatable bonds is 4. The van der Waals surface area contributed by atoms with Crippen molar-refractivity contribution in [2.75, 3.05) is 19.6 Å². The molecule has 2 heteroatoms. The molecule has 0 aromatic carbocycles. The van der Waals surface area contributed by atoms with Gasteiger partial charge in [0.25, 0.3) is 0 Å². The van der Waals surface area contributed by atoms with Gasteiger partial charge in [0, 0.05) is 12.6 Å². The van der Waals surface area contributed by atoms with Gasteiger partial charge in [-0.3, -0.25) is 4.90 Å². The van der Waals surface area contributed by atoms with Crippen molar-refractivity contribution < 1.29 is 0 Å². The molecule has 0 spiro atoms. The highest BCUT2D eigenvalue weighted by atomic mass is 15.1. The van der Waals surface area contributed by atoms with E-state index in [4.69, 9.17) is 12.2 Å². The molecule has 2 atom stereocenters. The highest BCUT2D eigenvalue weighted by molar-refractivity contribution is 4.89. The van der Waals surface area contributed by atoms with Crippen LogP contribution in [0.25, 0.3) is 0 Å². The monoisotopic (exact) mass is 180 g/mol. The molecule has 1 fully saturated rings. The van der Waals surface area contributed by atoms with Crippen LogP contribution in [0.4, 0.5) is 0 Å². The summed E-state index contributed by atoms with van der Waals surface area (Å²) in [5.41, 5.74) is 5.86. The van der Waals surface area contributed by atoms with Crippen LogP contribution in [0.2, 0.25) is 0 Å².